The van der Waals surface area contributed by atoms with Gasteiger partial charge in [-0.15, -0.1) is 15.3 Å². The van der Waals surface area contributed by atoms with Gasteiger partial charge in [-0.05, 0) is 68.4 Å². The largest absolute Gasteiger partial charge is 0.462 e. The maximum absolute atomic E-state index is 5.49. The minimum atomic E-state index is 0.225. The van der Waals surface area contributed by atoms with Crippen molar-refractivity contribution in [3.63, 3.8) is 0 Å². The van der Waals surface area contributed by atoms with Crippen molar-refractivity contribution in [2.24, 2.45) is 17.8 Å². The van der Waals surface area contributed by atoms with Crippen LogP contribution < -0.4 is 0 Å². The lowest BCUT2D eigenvalue weighted by molar-refractivity contribution is -0.0103. The molecule has 118 valence electrons. The SMILES string of the molecule is c1coc(-c2nn3c(C45CC6CC(CC(C6)C4)C5)nnc3s2)c1. The van der Waals surface area contributed by atoms with Gasteiger partial charge in [0, 0.05) is 5.41 Å². The first kappa shape index (κ1) is 12.7. The fraction of sp³-hybridized carbons (Fsp3) is 0.588. The molecule has 0 radical (unpaired) electrons. The second-order valence-electron chi connectivity index (χ2n) is 7.80. The molecule has 4 fully saturated rings. The molecule has 0 atom stereocenters. The van der Waals surface area contributed by atoms with Crippen molar-refractivity contribution in [3.8, 4) is 10.8 Å². The molecule has 5 nitrogen and oxygen atoms in total. The van der Waals surface area contributed by atoms with Crippen LogP contribution in [0.1, 0.15) is 44.3 Å². The Hall–Kier alpha value is -1.69. The molecule has 0 amide bonds. The van der Waals surface area contributed by atoms with Crippen LogP contribution in [0.5, 0.6) is 0 Å². The Bertz CT molecular complexity index is 843. The summed E-state index contributed by atoms with van der Waals surface area (Å²) in [6.07, 6.45) is 9.87. The lowest BCUT2D eigenvalue weighted by Gasteiger charge is -2.55. The zero-order chi connectivity index (χ0) is 15.0. The molecule has 7 rings (SSSR count). The van der Waals surface area contributed by atoms with Gasteiger partial charge in [0.15, 0.2) is 16.6 Å². The van der Waals surface area contributed by atoms with Gasteiger partial charge in [0.2, 0.25) is 4.96 Å². The number of fused-ring (bicyclic) bond motifs is 1. The first-order valence-electron chi connectivity index (χ1n) is 8.56. The van der Waals surface area contributed by atoms with E-state index >= 15 is 0 Å². The number of aromatic nitrogens is 4. The highest BCUT2D eigenvalue weighted by Gasteiger charge is 2.54. The second-order valence-corrected chi connectivity index (χ2v) is 8.76. The van der Waals surface area contributed by atoms with Crippen LogP contribution in [0, 0.1) is 17.8 Å². The zero-order valence-electron chi connectivity index (χ0n) is 12.8. The van der Waals surface area contributed by atoms with Crippen LogP contribution in [-0.2, 0) is 5.41 Å². The van der Waals surface area contributed by atoms with Crippen molar-refractivity contribution in [2.45, 2.75) is 43.9 Å². The Kier molecular flexibility index (Phi) is 2.34. The quantitative estimate of drug-likeness (QED) is 0.716. The van der Waals surface area contributed by atoms with Gasteiger partial charge in [-0.2, -0.15) is 4.52 Å². The van der Waals surface area contributed by atoms with Crippen LogP contribution in [0.2, 0.25) is 0 Å². The fourth-order valence-corrected chi connectivity index (χ4v) is 6.64. The van der Waals surface area contributed by atoms with Gasteiger partial charge in [0.1, 0.15) is 0 Å². The summed E-state index contributed by atoms with van der Waals surface area (Å²) in [6.45, 7) is 0. The monoisotopic (exact) mass is 326 g/mol. The Morgan fingerprint density at radius 2 is 1.83 bits per heavy atom. The van der Waals surface area contributed by atoms with E-state index in [0.29, 0.717) is 0 Å². The Labute approximate surface area is 137 Å². The van der Waals surface area contributed by atoms with Crippen LogP contribution in [0.15, 0.2) is 22.8 Å². The molecule has 3 aromatic rings. The minimum absolute atomic E-state index is 0.225. The van der Waals surface area contributed by atoms with Crippen molar-refractivity contribution >= 4 is 16.3 Å². The Morgan fingerprint density at radius 3 is 2.48 bits per heavy atom. The van der Waals surface area contributed by atoms with E-state index in [1.165, 1.54) is 38.5 Å². The van der Waals surface area contributed by atoms with Gasteiger partial charge in [0.05, 0.1) is 6.26 Å². The van der Waals surface area contributed by atoms with E-state index in [1.807, 2.05) is 16.6 Å². The van der Waals surface area contributed by atoms with Gasteiger partial charge >= 0.3 is 0 Å². The third-order valence-electron chi connectivity index (χ3n) is 6.24. The predicted molar refractivity (Wildman–Crippen MR) is 86.2 cm³/mol. The molecule has 0 N–H and O–H groups in total. The summed E-state index contributed by atoms with van der Waals surface area (Å²) in [5, 5.41) is 14.7. The second kappa shape index (κ2) is 4.23. The lowest BCUT2D eigenvalue weighted by atomic mass is 9.49. The van der Waals surface area contributed by atoms with E-state index < -0.39 is 0 Å². The molecule has 6 heteroatoms. The molecule has 0 aromatic carbocycles. The van der Waals surface area contributed by atoms with Gasteiger partial charge in [-0.3, -0.25) is 0 Å². The van der Waals surface area contributed by atoms with Gasteiger partial charge in [-0.25, -0.2) is 0 Å². The van der Waals surface area contributed by atoms with Crippen LogP contribution in [0.3, 0.4) is 0 Å². The highest BCUT2D eigenvalue weighted by atomic mass is 32.1. The summed E-state index contributed by atoms with van der Waals surface area (Å²) in [5.41, 5.74) is 0.225. The number of rotatable bonds is 2. The predicted octanol–water partition coefficient (Wildman–Crippen LogP) is 3.91. The van der Waals surface area contributed by atoms with Crippen molar-refractivity contribution in [2.75, 3.05) is 0 Å². The number of hydrogen-bond donors (Lipinski definition) is 0. The average Bonchev–Trinajstić information content (AvgIpc) is 3.22. The standard InChI is InChI=1S/C17H18N4OS/c1-2-13(22-3-1)14-20-21-15(18-19-16(21)23-14)17-7-10-4-11(8-17)6-12(5-10)9-17/h1-3,10-12H,4-9H2. The van der Waals surface area contributed by atoms with Gasteiger partial charge < -0.3 is 4.42 Å². The van der Waals surface area contributed by atoms with Gasteiger partial charge in [-0.1, -0.05) is 11.3 Å². The van der Waals surface area contributed by atoms with Crippen molar-refractivity contribution in [3.05, 3.63) is 24.2 Å². The van der Waals surface area contributed by atoms with Crippen molar-refractivity contribution < 1.29 is 4.42 Å². The maximum atomic E-state index is 5.49. The molecule has 0 saturated heterocycles. The summed E-state index contributed by atoms with van der Waals surface area (Å²) in [7, 11) is 0. The molecule has 0 spiro atoms. The molecule has 4 saturated carbocycles. The zero-order valence-corrected chi connectivity index (χ0v) is 13.6. The third kappa shape index (κ3) is 1.70. The van der Waals surface area contributed by atoms with Crippen LogP contribution in [0.25, 0.3) is 15.7 Å². The summed E-state index contributed by atoms with van der Waals surface area (Å²) >= 11 is 1.56. The van der Waals surface area contributed by atoms with Crippen LogP contribution >= 0.6 is 11.3 Å². The number of furan rings is 1. The number of nitrogens with zero attached hydrogens (tertiary/aromatic N) is 4. The van der Waals surface area contributed by atoms with E-state index in [0.717, 1.165) is 39.3 Å². The summed E-state index contributed by atoms with van der Waals surface area (Å²) in [4.78, 5) is 0.891. The molecule has 4 aliphatic rings. The highest BCUT2D eigenvalue weighted by Crippen LogP contribution is 2.60. The summed E-state index contributed by atoms with van der Waals surface area (Å²) in [5.74, 6) is 4.63. The molecule has 3 aromatic heterocycles. The molecule has 0 unspecified atom stereocenters. The van der Waals surface area contributed by atoms with Crippen molar-refractivity contribution in [1.29, 1.82) is 0 Å². The van der Waals surface area contributed by atoms with Crippen molar-refractivity contribution in [1.82, 2.24) is 19.8 Å². The normalized spacial score (nSPS) is 35.4. The molecule has 4 bridgehead atoms. The van der Waals surface area contributed by atoms with Crippen LogP contribution in [-0.4, -0.2) is 19.8 Å². The molecule has 3 heterocycles. The smallest absolute Gasteiger partial charge is 0.235 e. The molecular weight excluding hydrogens is 308 g/mol. The first-order chi connectivity index (χ1) is 11.3. The Balaban J connectivity index is 1.49. The topological polar surface area (TPSA) is 56.2 Å². The van der Waals surface area contributed by atoms with Crippen LogP contribution in [0.4, 0.5) is 0 Å². The molecule has 0 aliphatic heterocycles. The third-order valence-corrected chi connectivity index (χ3v) is 7.15. The van der Waals surface area contributed by atoms with E-state index in [1.54, 1.807) is 17.6 Å². The van der Waals surface area contributed by atoms with Gasteiger partial charge in [0.25, 0.3) is 0 Å². The van der Waals surface area contributed by atoms with E-state index in [9.17, 15) is 0 Å². The summed E-state index contributed by atoms with van der Waals surface area (Å²) < 4.78 is 7.50. The lowest BCUT2D eigenvalue weighted by Crippen LogP contribution is -2.49. The van der Waals surface area contributed by atoms with E-state index in [2.05, 4.69) is 10.2 Å². The number of hydrogen-bond acceptors (Lipinski definition) is 5. The molecular formula is C17H18N4OS. The highest BCUT2D eigenvalue weighted by molar-refractivity contribution is 7.19. The first-order valence-corrected chi connectivity index (χ1v) is 9.37. The molecule has 4 aliphatic carbocycles. The minimum Gasteiger partial charge on any atom is -0.462 e. The fourth-order valence-electron chi connectivity index (χ4n) is 5.83. The Morgan fingerprint density at radius 1 is 1.09 bits per heavy atom. The average molecular weight is 326 g/mol. The van der Waals surface area contributed by atoms with E-state index in [-0.39, 0.29) is 5.41 Å². The van der Waals surface area contributed by atoms with E-state index in [4.69, 9.17) is 9.52 Å². The summed E-state index contributed by atoms with van der Waals surface area (Å²) in [6, 6.07) is 3.85. The maximum Gasteiger partial charge on any atom is 0.235 e. The molecule has 23 heavy (non-hydrogen) atoms.